The van der Waals surface area contributed by atoms with Crippen molar-refractivity contribution in [3.63, 3.8) is 0 Å². The molecule has 0 aromatic carbocycles. The molecule has 2 aromatic heterocycles. The maximum Gasteiger partial charge on any atom is 0.319 e. The quantitative estimate of drug-likeness (QED) is 0.921. The topological polar surface area (TPSA) is 60.1 Å². The van der Waals surface area contributed by atoms with Crippen LogP contribution in [0.3, 0.4) is 0 Å². The van der Waals surface area contributed by atoms with E-state index in [4.69, 9.17) is 4.52 Å². The first kappa shape index (κ1) is 15.2. The fraction of sp³-hybridized carbons (Fsp3) is 0.429. The van der Waals surface area contributed by atoms with E-state index in [1.165, 1.54) is 19.1 Å². The highest BCUT2D eigenvalue weighted by Crippen LogP contribution is 2.19. The Bertz CT molecular complexity index is 632. The lowest BCUT2D eigenvalue weighted by molar-refractivity contribution is 0.0616. The van der Waals surface area contributed by atoms with Crippen LogP contribution < -0.4 is 5.32 Å². The second kappa shape index (κ2) is 6.07. The zero-order valence-electron chi connectivity index (χ0n) is 12.1. The van der Waals surface area contributed by atoms with Crippen molar-refractivity contribution < 1.29 is 18.1 Å². The maximum absolute atomic E-state index is 12.9. The van der Waals surface area contributed by atoms with E-state index in [-0.39, 0.29) is 18.2 Å². The smallest absolute Gasteiger partial charge is 0.319 e. The monoisotopic (exact) mass is 297 g/mol. The van der Waals surface area contributed by atoms with Gasteiger partial charge in [-0.05, 0) is 25.0 Å². The normalized spacial score (nSPS) is 11.4. The number of aromatic nitrogens is 2. The number of nitrogens with one attached hydrogen (secondary N) is 1. The van der Waals surface area contributed by atoms with Gasteiger partial charge in [-0.1, -0.05) is 19.0 Å². The van der Waals surface area contributed by atoms with Crippen molar-refractivity contribution in [2.45, 2.75) is 39.8 Å². The second-order valence-electron chi connectivity index (χ2n) is 5.06. The summed E-state index contributed by atoms with van der Waals surface area (Å²) in [4.78, 5) is 12.0. The number of rotatable bonds is 5. The Morgan fingerprint density at radius 1 is 1.43 bits per heavy atom. The summed E-state index contributed by atoms with van der Waals surface area (Å²) in [5.41, 5.74) is 1.04. The van der Waals surface area contributed by atoms with Gasteiger partial charge in [0.1, 0.15) is 5.69 Å². The van der Waals surface area contributed by atoms with Crippen molar-refractivity contribution in [3.05, 3.63) is 41.0 Å². The maximum atomic E-state index is 12.9. The van der Waals surface area contributed by atoms with Gasteiger partial charge >= 0.3 is 6.55 Å². The van der Waals surface area contributed by atoms with Crippen molar-refractivity contribution in [3.8, 4) is 0 Å². The van der Waals surface area contributed by atoms with Gasteiger partial charge in [-0.25, -0.2) is 0 Å². The molecule has 0 unspecified atom stereocenters. The van der Waals surface area contributed by atoms with Gasteiger partial charge < -0.3 is 9.84 Å². The molecule has 0 radical (unpaired) electrons. The predicted molar refractivity (Wildman–Crippen MR) is 72.2 cm³/mol. The summed E-state index contributed by atoms with van der Waals surface area (Å²) in [5.74, 6) is 0.127. The number of carbonyl (C=O) groups excluding carboxylic acids is 1. The van der Waals surface area contributed by atoms with Gasteiger partial charge in [0.2, 0.25) is 0 Å². The Kier molecular flexibility index (Phi) is 4.40. The molecule has 0 aliphatic rings. The third kappa shape index (κ3) is 3.29. The number of carbonyl (C=O) groups is 1. The van der Waals surface area contributed by atoms with E-state index >= 15 is 0 Å². The Balaban J connectivity index is 2.05. The fourth-order valence-electron chi connectivity index (χ4n) is 1.94. The van der Waals surface area contributed by atoms with Gasteiger partial charge in [0.25, 0.3) is 5.91 Å². The molecule has 2 rings (SSSR count). The minimum absolute atomic E-state index is 0.0777. The largest absolute Gasteiger partial charge is 0.359 e. The Morgan fingerprint density at radius 2 is 2.14 bits per heavy atom. The SMILES string of the molecule is Cc1ccc(C(=O)NCc2cc(C(C)C)no2)n1C(F)F. The molecule has 2 aromatic rings. The van der Waals surface area contributed by atoms with Crippen molar-refractivity contribution in [2.75, 3.05) is 0 Å². The lowest BCUT2D eigenvalue weighted by atomic mass is 10.1. The summed E-state index contributed by atoms with van der Waals surface area (Å²) in [6, 6.07) is 4.59. The zero-order chi connectivity index (χ0) is 15.6. The van der Waals surface area contributed by atoms with Crippen LogP contribution >= 0.6 is 0 Å². The van der Waals surface area contributed by atoms with E-state index < -0.39 is 12.5 Å². The molecule has 114 valence electrons. The van der Waals surface area contributed by atoms with Gasteiger partial charge in [-0.3, -0.25) is 9.36 Å². The molecular weight excluding hydrogens is 280 g/mol. The average molecular weight is 297 g/mol. The highest BCUT2D eigenvalue weighted by atomic mass is 19.3. The molecule has 0 bridgehead atoms. The summed E-state index contributed by atoms with van der Waals surface area (Å²) >= 11 is 0. The molecule has 5 nitrogen and oxygen atoms in total. The minimum atomic E-state index is -2.75. The molecule has 0 spiro atoms. The van der Waals surface area contributed by atoms with Crippen LogP contribution in [0.4, 0.5) is 8.78 Å². The van der Waals surface area contributed by atoms with Crippen LogP contribution in [0.15, 0.2) is 22.7 Å². The zero-order valence-corrected chi connectivity index (χ0v) is 12.1. The number of nitrogens with zero attached hydrogens (tertiary/aromatic N) is 2. The van der Waals surface area contributed by atoms with Crippen molar-refractivity contribution in [1.29, 1.82) is 0 Å². The molecular formula is C14H17F2N3O2. The number of hydrogen-bond donors (Lipinski definition) is 1. The van der Waals surface area contributed by atoms with Crippen molar-refractivity contribution in [2.24, 2.45) is 0 Å². The van der Waals surface area contributed by atoms with Gasteiger partial charge in [0.15, 0.2) is 5.76 Å². The predicted octanol–water partition coefficient (Wildman–Crippen LogP) is 3.23. The van der Waals surface area contributed by atoms with E-state index in [0.29, 0.717) is 16.0 Å². The highest BCUT2D eigenvalue weighted by Gasteiger charge is 2.19. The fourth-order valence-corrected chi connectivity index (χ4v) is 1.94. The van der Waals surface area contributed by atoms with Crippen LogP contribution in [0.2, 0.25) is 0 Å². The summed E-state index contributed by atoms with van der Waals surface area (Å²) < 4.78 is 31.5. The van der Waals surface area contributed by atoms with E-state index in [2.05, 4.69) is 10.5 Å². The van der Waals surface area contributed by atoms with Gasteiger partial charge in [-0.15, -0.1) is 0 Å². The first-order valence-electron chi connectivity index (χ1n) is 6.59. The lowest BCUT2D eigenvalue weighted by Gasteiger charge is -2.09. The Hall–Kier alpha value is -2.18. The molecule has 0 saturated carbocycles. The van der Waals surface area contributed by atoms with Crippen LogP contribution in [-0.4, -0.2) is 15.6 Å². The standard InChI is InChI=1S/C14H17F2N3O2/c1-8(2)11-6-10(21-18-11)7-17-13(20)12-5-4-9(3)19(12)14(15)16/h4-6,8,14H,7H2,1-3H3,(H,17,20). The van der Waals surface area contributed by atoms with E-state index in [9.17, 15) is 13.6 Å². The molecule has 1 N–H and O–H groups in total. The lowest BCUT2D eigenvalue weighted by Crippen LogP contribution is -2.25. The van der Waals surface area contributed by atoms with Crippen LogP contribution in [0.1, 0.15) is 54.0 Å². The number of alkyl halides is 2. The van der Waals surface area contributed by atoms with Gasteiger partial charge in [0, 0.05) is 11.8 Å². The molecule has 21 heavy (non-hydrogen) atoms. The highest BCUT2D eigenvalue weighted by molar-refractivity contribution is 5.92. The summed E-state index contributed by atoms with van der Waals surface area (Å²) in [6.07, 6.45) is 0. The minimum Gasteiger partial charge on any atom is -0.359 e. The van der Waals surface area contributed by atoms with Crippen LogP contribution in [0.5, 0.6) is 0 Å². The third-order valence-corrected chi connectivity index (χ3v) is 3.14. The number of hydrogen-bond acceptors (Lipinski definition) is 3. The summed E-state index contributed by atoms with van der Waals surface area (Å²) in [6.45, 7) is 2.82. The van der Waals surface area contributed by atoms with Crippen molar-refractivity contribution >= 4 is 5.91 Å². The van der Waals surface area contributed by atoms with Crippen LogP contribution in [-0.2, 0) is 6.54 Å². The van der Waals surface area contributed by atoms with E-state index in [1.54, 1.807) is 6.07 Å². The number of halogens is 2. The van der Waals surface area contributed by atoms with Gasteiger partial charge in [-0.2, -0.15) is 8.78 Å². The molecule has 1 amide bonds. The average Bonchev–Trinajstić information content (AvgIpc) is 3.02. The Labute approximate surface area is 120 Å². The van der Waals surface area contributed by atoms with Crippen LogP contribution in [0.25, 0.3) is 0 Å². The number of amides is 1. The Morgan fingerprint density at radius 3 is 2.71 bits per heavy atom. The molecule has 7 heteroatoms. The summed E-state index contributed by atoms with van der Waals surface area (Å²) in [7, 11) is 0. The molecule has 2 heterocycles. The number of aryl methyl sites for hydroxylation is 1. The molecule has 0 fully saturated rings. The van der Waals surface area contributed by atoms with Crippen molar-refractivity contribution in [1.82, 2.24) is 15.0 Å². The first-order valence-corrected chi connectivity index (χ1v) is 6.59. The van der Waals surface area contributed by atoms with E-state index in [1.807, 2.05) is 13.8 Å². The molecule has 0 atom stereocenters. The molecule has 0 aliphatic heterocycles. The second-order valence-corrected chi connectivity index (χ2v) is 5.06. The molecule has 0 saturated heterocycles. The van der Waals surface area contributed by atoms with Gasteiger partial charge in [0.05, 0.1) is 12.2 Å². The third-order valence-electron chi connectivity index (χ3n) is 3.14. The first-order chi connectivity index (χ1) is 9.90. The molecule has 0 aliphatic carbocycles. The van der Waals surface area contributed by atoms with E-state index in [0.717, 1.165) is 5.69 Å². The summed E-state index contributed by atoms with van der Waals surface area (Å²) in [5, 5.41) is 6.41. The van der Waals surface area contributed by atoms with Crippen LogP contribution in [0, 0.1) is 6.92 Å².